The van der Waals surface area contributed by atoms with E-state index in [0.29, 0.717) is 11.6 Å². The maximum absolute atomic E-state index is 13.1. The lowest BCUT2D eigenvalue weighted by Gasteiger charge is -2.36. The van der Waals surface area contributed by atoms with E-state index in [0.717, 1.165) is 43.4 Å². The van der Waals surface area contributed by atoms with Crippen LogP contribution in [0.5, 0.6) is 0 Å². The van der Waals surface area contributed by atoms with Crippen molar-refractivity contribution in [3.63, 3.8) is 0 Å². The third-order valence-corrected chi connectivity index (χ3v) is 5.40. The van der Waals surface area contributed by atoms with Crippen molar-refractivity contribution in [1.82, 2.24) is 15.1 Å². The van der Waals surface area contributed by atoms with Crippen LogP contribution >= 0.6 is 48.2 Å². The Morgan fingerprint density at radius 3 is 2.58 bits per heavy atom. The summed E-state index contributed by atoms with van der Waals surface area (Å²) in [5.41, 5.74) is 0.928. The molecule has 0 aromatic heterocycles. The van der Waals surface area contributed by atoms with Crippen molar-refractivity contribution in [2.75, 3.05) is 37.8 Å². The van der Waals surface area contributed by atoms with Gasteiger partial charge in [-0.2, -0.15) is 0 Å². The van der Waals surface area contributed by atoms with Crippen molar-refractivity contribution in [2.24, 2.45) is 0 Å². The molecule has 1 aromatic rings. The topological polar surface area (TPSA) is 35.6 Å². The van der Waals surface area contributed by atoms with Crippen LogP contribution in [0.1, 0.15) is 5.56 Å². The molecule has 1 atom stereocenters. The predicted molar refractivity (Wildman–Crippen MR) is 102 cm³/mol. The van der Waals surface area contributed by atoms with Crippen LogP contribution in [0.4, 0.5) is 4.39 Å². The van der Waals surface area contributed by atoms with Gasteiger partial charge in [0.15, 0.2) is 0 Å². The Morgan fingerprint density at radius 2 is 2.00 bits per heavy atom. The molecule has 9 heteroatoms. The van der Waals surface area contributed by atoms with Gasteiger partial charge in [0, 0.05) is 49.4 Å². The Balaban J connectivity index is 0.00000144. The molecule has 136 valence electrons. The number of carbonyl (C=O) groups excluding carboxylic acids is 1. The number of nitrogens with zero attached hydrogens (tertiary/aromatic N) is 2. The molecule has 2 fully saturated rings. The Morgan fingerprint density at radius 1 is 1.29 bits per heavy atom. The minimum absolute atomic E-state index is 0. The highest BCUT2D eigenvalue weighted by Crippen LogP contribution is 2.20. The predicted octanol–water partition coefficient (Wildman–Crippen LogP) is 2.63. The van der Waals surface area contributed by atoms with Crippen molar-refractivity contribution in [3.8, 4) is 0 Å². The maximum Gasteiger partial charge on any atom is 0.240 e. The molecule has 2 aliphatic rings. The first-order valence-corrected chi connectivity index (χ1v) is 8.93. The van der Waals surface area contributed by atoms with Crippen LogP contribution in [0, 0.1) is 5.82 Å². The maximum atomic E-state index is 13.1. The van der Waals surface area contributed by atoms with Gasteiger partial charge < -0.3 is 4.90 Å². The molecule has 1 N–H and O–H groups in total. The molecule has 1 unspecified atom stereocenters. The number of thioether (sulfide) groups is 1. The third kappa shape index (κ3) is 5.38. The molecule has 2 heterocycles. The van der Waals surface area contributed by atoms with Gasteiger partial charge in [0.1, 0.15) is 5.82 Å². The first-order chi connectivity index (χ1) is 10.6. The zero-order valence-electron chi connectivity index (χ0n) is 13.0. The lowest BCUT2D eigenvalue weighted by atomic mass is 10.2. The Bertz CT molecular complexity index is 553. The van der Waals surface area contributed by atoms with Crippen molar-refractivity contribution in [1.29, 1.82) is 0 Å². The number of nitrogens with one attached hydrogen (secondary N) is 1. The van der Waals surface area contributed by atoms with Crippen LogP contribution in [0.25, 0.3) is 0 Å². The third-order valence-electron chi connectivity index (χ3n) is 4.11. The summed E-state index contributed by atoms with van der Waals surface area (Å²) < 4.78 is 13.1. The van der Waals surface area contributed by atoms with E-state index in [4.69, 9.17) is 11.6 Å². The van der Waals surface area contributed by atoms with Crippen molar-refractivity contribution in [2.45, 2.75) is 12.6 Å². The molecule has 24 heavy (non-hydrogen) atoms. The first kappa shape index (κ1) is 21.8. The minimum atomic E-state index is -0.314. The number of hydrogen-bond donors (Lipinski definition) is 1. The van der Waals surface area contributed by atoms with Gasteiger partial charge in [-0.25, -0.2) is 4.39 Å². The van der Waals surface area contributed by atoms with Crippen LogP contribution in [-0.2, 0) is 11.3 Å². The Kier molecular flexibility index (Phi) is 9.12. The standard InChI is InChI=1S/C15H19ClFN3OS.2ClH/c16-13-7-12(17)2-1-11(13)8-19-3-5-20(6-4-19)15(21)14-9-22-10-18-14;;/h1-2,7,14,18H,3-6,8-10H2;2*1H. The highest BCUT2D eigenvalue weighted by atomic mass is 35.5. The van der Waals surface area contributed by atoms with Gasteiger partial charge in [0.05, 0.1) is 6.04 Å². The van der Waals surface area contributed by atoms with Crippen molar-refractivity contribution >= 4 is 54.1 Å². The van der Waals surface area contributed by atoms with Gasteiger partial charge >= 0.3 is 0 Å². The summed E-state index contributed by atoms with van der Waals surface area (Å²) in [6.07, 6.45) is 0. The second kappa shape index (κ2) is 10.0. The smallest absolute Gasteiger partial charge is 0.240 e. The summed E-state index contributed by atoms with van der Waals surface area (Å²) in [4.78, 5) is 16.5. The average Bonchev–Trinajstić information content (AvgIpc) is 3.04. The van der Waals surface area contributed by atoms with Crippen LogP contribution in [-0.4, -0.2) is 59.6 Å². The van der Waals surface area contributed by atoms with Crippen LogP contribution < -0.4 is 5.32 Å². The lowest BCUT2D eigenvalue weighted by Crippen LogP contribution is -2.53. The highest BCUT2D eigenvalue weighted by Gasteiger charge is 2.29. The second-order valence-corrected chi connectivity index (χ2v) is 7.05. The molecule has 4 nitrogen and oxygen atoms in total. The largest absolute Gasteiger partial charge is 0.339 e. The van der Waals surface area contributed by atoms with Gasteiger partial charge in [-0.3, -0.25) is 15.0 Å². The summed E-state index contributed by atoms with van der Waals surface area (Å²) in [6.45, 7) is 3.80. The number of benzene rings is 1. The molecule has 2 aliphatic heterocycles. The minimum Gasteiger partial charge on any atom is -0.339 e. The van der Waals surface area contributed by atoms with Gasteiger partial charge in [0.2, 0.25) is 5.91 Å². The fraction of sp³-hybridized carbons (Fsp3) is 0.533. The van der Waals surface area contributed by atoms with E-state index in [1.807, 2.05) is 4.90 Å². The monoisotopic (exact) mass is 415 g/mol. The summed E-state index contributed by atoms with van der Waals surface area (Å²) >= 11 is 7.84. The van der Waals surface area contributed by atoms with E-state index < -0.39 is 0 Å². The molecule has 1 aromatic carbocycles. The molecule has 2 saturated heterocycles. The van der Waals surface area contributed by atoms with E-state index in [9.17, 15) is 9.18 Å². The molecule has 1 amide bonds. The normalized spacial score (nSPS) is 21.1. The van der Waals surface area contributed by atoms with Crippen LogP contribution in [0.15, 0.2) is 18.2 Å². The molecule has 0 bridgehead atoms. The zero-order chi connectivity index (χ0) is 15.5. The van der Waals surface area contributed by atoms with E-state index in [1.165, 1.54) is 12.1 Å². The average molecular weight is 417 g/mol. The van der Waals surface area contributed by atoms with Crippen molar-refractivity contribution in [3.05, 3.63) is 34.6 Å². The number of halogens is 4. The molecule has 0 saturated carbocycles. The zero-order valence-corrected chi connectivity index (χ0v) is 16.2. The highest BCUT2D eigenvalue weighted by molar-refractivity contribution is 7.99. The van der Waals surface area contributed by atoms with Crippen molar-refractivity contribution < 1.29 is 9.18 Å². The van der Waals surface area contributed by atoms with Gasteiger partial charge in [-0.15, -0.1) is 36.6 Å². The fourth-order valence-corrected chi connectivity index (χ4v) is 3.95. The second-order valence-electron chi connectivity index (χ2n) is 5.61. The summed E-state index contributed by atoms with van der Waals surface area (Å²) in [6, 6.07) is 4.49. The number of piperazine rings is 1. The van der Waals surface area contributed by atoms with E-state index in [2.05, 4.69) is 10.2 Å². The summed E-state index contributed by atoms with van der Waals surface area (Å²) in [7, 11) is 0. The Labute approximate surface area is 163 Å². The van der Waals surface area contributed by atoms with Crippen LogP contribution in [0.3, 0.4) is 0 Å². The molecule has 0 radical (unpaired) electrons. The lowest BCUT2D eigenvalue weighted by molar-refractivity contribution is -0.134. The van der Waals surface area contributed by atoms with E-state index in [1.54, 1.807) is 17.8 Å². The van der Waals surface area contributed by atoms with Gasteiger partial charge in [-0.05, 0) is 17.7 Å². The molecule has 0 aliphatic carbocycles. The molecular formula is C15H21Cl3FN3OS. The first-order valence-electron chi connectivity index (χ1n) is 7.39. The van der Waals surface area contributed by atoms with E-state index in [-0.39, 0.29) is 42.6 Å². The number of hydrogen-bond acceptors (Lipinski definition) is 4. The molecule has 3 rings (SSSR count). The molecule has 0 spiro atoms. The summed E-state index contributed by atoms with van der Waals surface area (Å²) in [5, 5.41) is 3.69. The van der Waals surface area contributed by atoms with E-state index >= 15 is 0 Å². The number of carbonyl (C=O) groups is 1. The van der Waals surface area contributed by atoms with Crippen LogP contribution in [0.2, 0.25) is 5.02 Å². The summed E-state index contributed by atoms with van der Waals surface area (Å²) in [5.74, 6) is 1.62. The fourth-order valence-electron chi connectivity index (χ4n) is 2.79. The van der Waals surface area contributed by atoms with Gasteiger partial charge in [0.25, 0.3) is 0 Å². The van der Waals surface area contributed by atoms with Gasteiger partial charge in [-0.1, -0.05) is 17.7 Å². The number of rotatable bonds is 3. The Hall–Kier alpha value is -0.240. The molecular weight excluding hydrogens is 396 g/mol. The quantitative estimate of drug-likeness (QED) is 0.822. The SMILES string of the molecule is Cl.Cl.O=C(C1CSCN1)N1CCN(Cc2ccc(F)cc2Cl)CC1. The number of amides is 1.